The highest BCUT2D eigenvalue weighted by atomic mass is 35.5. The van der Waals surface area contributed by atoms with E-state index >= 15 is 0 Å². The van der Waals surface area contributed by atoms with Gasteiger partial charge in [-0.3, -0.25) is 4.98 Å². The van der Waals surface area contributed by atoms with E-state index in [2.05, 4.69) is 16.9 Å². The quantitative estimate of drug-likeness (QED) is 0.759. The molecule has 1 saturated heterocycles. The summed E-state index contributed by atoms with van der Waals surface area (Å²) in [6.45, 7) is 1.71. The van der Waals surface area contributed by atoms with Crippen LogP contribution in [-0.4, -0.2) is 31.3 Å². The summed E-state index contributed by atoms with van der Waals surface area (Å²) in [6, 6.07) is 2.53. The molecule has 1 aromatic heterocycles. The minimum absolute atomic E-state index is 0.533. The maximum Gasteiger partial charge on any atom is 0.0597 e. The van der Waals surface area contributed by atoms with Crippen LogP contribution in [0.2, 0.25) is 0 Å². The first-order valence-electron chi connectivity index (χ1n) is 5.62. The average Bonchev–Trinajstić information content (AvgIpc) is 2.39. The van der Waals surface area contributed by atoms with E-state index in [0.717, 1.165) is 37.3 Å². The molecule has 4 heteroatoms. The van der Waals surface area contributed by atoms with Crippen LogP contribution in [0, 0.1) is 0 Å². The van der Waals surface area contributed by atoms with Gasteiger partial charge in [0.2, 0.25) is 0 Å². The molecule has 0 aliphatic carbocycles. The highest BCUT2D eigenvalue weighted by Gasteiger charge is 2.20. The Labute approximate surface area is 101 Å². The molecule has 1 aliphatic heterocycles. The number of aromatic nitrogens is 1. The Balaban J connectivity index is 2.15. The number of hydrogen-bond acceptors (Lipinski definition) is 3. The number of anilines is 1. The molecule has 0 radical (unpaired) electrons. The summed E-state index contributed by atoms with van der Waals surface area (Å²) in [5.74, 6) is 0.533. The van der Waals surface area contributed by atoms with Gasteiger partial charge in [0.05, 0.1) is 11.9 Å². The van der Waals surface area contributed by atoms with Crippen molar-refractivity contribution in [3.63, 3.8) is 0 Å². The van der Waals surface area contributed by atoms with Crippen molar-refractivity contribution in [1.29, 1.82) is 0 Å². The van der Waals surface area contributed by atoms with Gasteiger partial charge in [0.15, 0.2) is 0 Å². The third-order valence-corrected chi connectivity index (χ3v) is 3.44. The SMILES string of the molecule is CN(c1cnccc1CCl)C1CCOCC1. The molecule has 1 fully saturated rings. The van der Waals surface area contributed by atoms with E-state index in [1.165, 1.54) is 0 Å². The smallest absolute Gasteiger partial charge is 0.0597 e. The summed E-state index contributed by atoms with van der Waals surface area (Å²) in [7, 11) is 2.11. The van der Waals surface area contributed by atoms with Crippen LogP contribution in [-0.2, 0) is 10.6 Å². The first kappa shape index (κ1) is 11.7. The van der Waals surface area contributed by atoms with E-state index in [9.17, 15) is 0 Å². The molecule has 0 atom stereocenters. The molecular weight excluding hydrogens is 224 g/mol. The van der Waals surface area contributed by atoms with Crippen LogP contribution < -0.4 is 4.90 Å². The van der Waals surface area contributed by atoms with Gasteiger partial charge in [-0.1, -0.05) is 0 Å². The Bertz CT molecular complexity index is 340. The second-order valence-corrected chi connectivity index (χ2v) is 4.36. The number of rotatable bonds is 3. The van der Waals surface area contributed by atoms with Crippen LogP contribution in [0.25, 0.3) is 0 Å². The van der Waals surface area contributed by atoms with Gasteiger partial charge >= 0.3 is 0 Å². The van der Waals surface area contributed by atoms with Gasteiger partial charge < -0.3 is 9.64 Å². The Morgan fingerprint density at radius 3 is 2.94 bits per heavy atom. The van der Waals surface area contributed by atoms with E-state index < -0.39 is 0 Å². The van der Waals surface area contributed by atoms with Crippen LogP contribution >= 0.6 is 11.6 Å². The summed E-state index contributed by atoms with van der Waals surface area (Å²) in [5, 5.41) is 0. The van der Waals surface area contributed by atoms with Crippen molar-refractivity contribution in [2.24, 2.45) is 0 Å². The summed E-state index contributed by atoms with van der Waals surface area (Å²) >= 11 is 5.94. The molecule has 0 N–H and O–H groups in total. The Morgan fingerprint density at radius 1 is 1.50 bits per heavy atom. The number of halogens is 1. The molecule has 0 saturated carbocycles. The van der Waals surface area contributed by atoms with Gasteiger partial charge in [-0.25, -0.2) is 0 Å². The predicted molar refractivity (Wildman–Crippen MR) is 66.0 cm³/mol. The van der Waals surface area contributed by atoms with Gasteiger partial charge in [-0.05, 0) is 24.5 Å². The van der Waals surface area contributed by atoms with E-state index in [1.54, 1.807) is 6.20 Å². The molecule has 88 valence electrons. The lowest BCUT2D eigenvalue weighted by Gasteiger charge is -2.33. The molecule has 0 spiro atoms. The molecule has 1 aromatic rings. The van der Waals surface area contributed by atoms with Crippen LogP contribution in [0.15, 0.2) is 18.5 Å². The van der Waals surface area contributed by atoms with Gasteiger partial charge in [0.25, 0.3) is 0 Å². The zero-order valence-corrected chi connectivity index (χ0v) is 10.3. The lowest BCUT2D eigenvalue weighted by Crippen LogP contribution is -2.37. The third-order valence-electron chi connectivity index (χ3n) is 3.15. The molecule has 2 rings (SSSR count). The monoisotopic (exact) mass is 240 g/mol. The van der Waals surface area contributed by atoms with E-state index in [-0.39, 0.29) is 0 Å². The number of hydrogen-bond donors (Lipinski definition) is 0. The van der Waals surface area contributed by atoms with Crippen molar-refractivity contribution in [1.82, 2.24) is 4.98 Å². The van der Waals surface area contributed by atoms with Crippen LogP contribution in [0.1, 0.15) is 18.4 Å². The number of alkyl halides is 1. The second-order valence-electron chi connectivity index (χ2n) is 4.09. The molecule has 0 amide bonds. The fraction of sp³-hybridized carbons (Fsp3) is 0.583. The molecule has 2 heterocycles. The second kappa shape index (κ2) is 5.51. The highest BCUT2D eigenvalue weighted by molar-refractivity contribution is 6.17. The van der Waals surface area contributed by atoms with Crippen molar-refractivity contribution in [2.45, 2.75) is 24.8 Å². The first-order valence-corrected chi connectivity index (χ1v) is 6.16. The van der Waals surface area contributed by atoms with Gasteiger partial charge in [0, 0.05) is 38.4 Å². The zero-order chi connectivity index (χ0) is 11.4. The van der Waals surface area contributed by atoms with E-state index in [4.69, 9.17) is 16.3 Å². The highest BCUT2D eigenvalue weighted by Crippen LogP contribution is 2.25. The Kier molecular flexibility index (Phi) is 4.02. The molecule has 0 unspecified atom stereocenters. The number of ether oxygens (including phenoxy) is 1. The van der Waals surface area contributed by atoms with Crippen molar-refractivity contribution < 1.29 is 4.74 Å². The summed E-state index contributed by atoms with van der Waals surface area (Å²) in [6.07, 6.45) is 5.84. The maximum atomic E-state index is 5.94. The summed E-state index contributed by atoms with van der Waals surface area (Å²) in [5.41, 5.74) is 2.29. The van der Waals surface area contributed by atoms with Crippen LogP contribution in [0.4, 0.5) is 5.69 Å². The Morgan fingerprint density at radius 2 is 2.25 bits per heavy atom. The number of pyridine rings is 1. The molecule has 16 heavy (non-hydrogen) atoms. The zero-order valence-electron chi connectivity index (χ0n) is 9.53. The van der Waals surface area contributed by atoms with Crippen LogP contribution in [0.5, 0.6) is 0 Å². The standard InChI is InChI=1S/C12H17ClN2O/c1-15(11-3-6-16-7-4-11)12-9-14-5-2-10(12)8-13/h2,5,9,11H,3-4,6-8H2,1H3. The minimum atomic E-state index is 0.533. The van der Waals surface area contributed by atoms with Crippen LogP contribution in [0.3, 0.4) is 0 Å². The van der Waals surface area contributed by atoms with E-state index in [1.807, 2.05) is 12.3 Å². The fourth-order valence-corrected chi connectivity index (χ4v) is 2.34. The third kappa shape index (κ3) is 2.47. The van der Waals surface area contributed by atoms with Gasteiger partial charge in [0.1, 0.15) is 0 Å². The van der Waals surface area contributed by atoms with E-state index in [0.29, 0.717) is 11.9 Å². The predicted octanol–water partition coefficient (Wildman–Crippen LogP) is 2.44. The molecule has 3 nitrogen and oxygen atoms in total. The van der Waals surface area contributed by atoms with Gasteiger partial charge in [-0.15, -0.1) is 11.6 Å². The van der Waals surface area contributed by atoms with Crippen molar-refractivity contribution in [3.05, 3.63) is 24.0 Å². The average molecular weight is 241 g/mol. The maximum absolute atomic E-state index is 5.94. The molecule has 1 aliphatic rings. The fourth-order valence-electron chi connectivity index (χ4n) is 2.11. The number of nitrogens with zero attached hydrogens (tertiary/aromatic N) is 2. The lowest BCUT2D eigenvalue weighted by atomic mass is 10.1. The summed E-state index contributed by atoms with van der Waals surface area (Å²) in [4.78, 5) is 6.46. The first-order chi connectivity index (χ1) is 7.83. The lowest BCUT2D eigenvalue weighted by molar-refractivity contribution is 0.0854. The minimum Gasteiger partial charge on any atom is -0.381 e. The topological polar surface area (TPSA) is 25.4 Å². The molecule has 0 bridgehead atoms. The Hall–Kier alpha value is -0.800. The van der Waals surface area contributed by atoms with Crippen molar-refractivity contribution >= 4 is 17.3 Å². The summed E-state index contributed by atoms with van der Waals surface area (Å²) < 4.78 is 5.37. The molecule has 0 aromatic carbocycles. The largest absolute Gasteiger partial charge is 0.381 e. The van der Waals surface area contributed by atoms with Crippen molar-refractivity contribution in [3.8, 4) is 0 Å². The van der Waals surface area contributed by atoms with Gasteiger partial charge in [-0.2, -0.15) is 0 Å². The van der Waals surface area contributed by atoms with Crippen molar-refractivity contribution in [2.75, 3.05) is 25.2 Å². The normalized spacial score (nSPS) is 17.4. The molecular formula is C12H17ClN2O.